The van der Waals surface area contributed by atoms with E-state index in [1.807, 2.05) is 17.6 Å². The van der Waals surface area contributed by atoms with Crippen LogP contribution in [0.3, 0.4) is 0 Å². The summed E-state index contributed by atoms with van der Waals surface area (Å²) in [6.45, 7) is 7.47. The molecule has 1 heterocycles. The van der Waals surface area contributed by atoms with Crippen LogP contribution in [0.4, 0.5) is 0 Å². The summed E-state index contributed by atoms with van der Waals surface area (Å²) in [7, 11) is 0. The van der Waals surface area contributed by atoms with Crippen molar-refractivity contribution in [1.29, 1.82) is 0 Å². The third-order valence-corrected chi connectivity index (χ3v) is 4.01. The van der Waals surface area contributed by atoms with Gasteiger partial charge in [0.15, 0.2) is 0 Å². The molecular formula is C16H21ClN2S. The lowest BCUT2D eigenvalue weighted by atomic mass is 9.93. The summed E-state index contributed by atoms with van der Waals surface area (Å²) >= 11 is 7.77. The quantitative estimate of drug-likeness (QED) is 0.879. The Balaban J connectivity index is 2.15. The SMILES string of the molecule is CC(C)(C)NCC(Cc1cscn1)c1cccc(Cl)c1. The van der Waals surface area contributed by atoms with Crippen molar-refractivity contribution in [2.24, 2.45) is 0 Å². The van der Waals surface area contributed by atoms with Crippen LogP contribution in [0.1, 0.15) is 37.9 Å². The Bertz CT molecular complexity index is 532. The van der Waals surface area contributed by atoms with Gasteiger partial charge in [0.2, 0.25) is 0 Å². The minimum Gasteiger partial charge on any atom is -0.311 e. The fourth-order valence-corrected chi connectivity index (χ4v) is 2.86. The highest BCUT2D eigenvalue weighted by Gasteiger charge is 2.17. The standard InChI is InChI=1S/C16H21ClN2S/c1-16(2,3)19-9-13(8-15-10-20-11-18-15)12-5-4-6-14(17)7-12/h4-7,10-11,13,19H,8-9H2,1-3H3. The Kier molecular flexibility index (Phi) is 5.19. The summed E-state index contributed by atoms with van der Waals surface area (Å²) in [6.07, 6.45) is 0.937. The van der Waals surface area contributed by atoms with E-state index in [-0.39, 0.29) is 5.54 Å². The third kappa shape index (κ3) is 4.89. The van der Waals surface area contributed by atoms with Gasteiger partial charge in [0.1, 0.15) is 0 Å². The molecule has 2 aromatic rings. The molecule has 0 bridgehead atoms. The van der Waals surface area contributed by atoms with Crippen LogP contribution in [0, 0.1) is 0 Å². The molecule has 0 aliphatic heterocycles. The minimum atomic E-state index is 0.110. The van der Waals surface area contributed by atoms with Gasteiger partial charge in [-0.1, -0.05) is 23.7 Å². The summed E-state index contributed by atoms with van der Waals surface area (Å²) in [5.74, 6) is 0.384. The molecule has 0 amide bonds. The van der Waals surface area contributed by atoms with Crippen LogP contribution >= 0.6 is 22.9 Å². The van der Waals surface area contributed by atoms with Gasteiger partial charge in [-0.15, -0.1) is 11.3 Å². The normalized spacial score (nSPS) is 13.4. The van der Waals surface area contributed by atoms with Gasteiger partial charge in [-0.2, -0.15) is 0 Å². The lowest BCUT2D eigenvalue weighted by Gasteiger charge is -2.25. The molecule has 1 atom stereocenters. The Morgan fingerprint density at radius 1 is 1.35 bits per heavy atom. The highest BCUT2D eigenvalue weighted by Crippen LogP contribution is 2.24. The molecule has 0 radical (unpaired) electrons. The monoisotopic (exact) mass is 308 g/mol. The van der Waals surface area contributed by atoms with Gasteiger partial charge < -0.3 is 5.32 Å². The average Bonchev–Trinajstić information content (AvgIpc) is 2.86. The van der Waals surface area contributed by atoms with Gasteiger partial charge in [0.25, 0.3) is 0 Å². The lowest BCUT2D eigenvalue weighted by molar-refractivity contribution is 0.404. The van der Waals surface area contributed by atoms with Crippen molar-refractivity contribution < 1.29 is 0 Å². The number of nitrogens with one attached hydrogen (secondary N) is 1. The van der Waals surface area contributed by atoms with Crippen molar-refractivity contribution in [3.05, 3.63) is 51.4 Å². The highest BCUT2D eigenvalue weighted by atomic mass is 35.5. The van der Waals surface area contributed by atoms with E-state index in [1.165, 1.54) is 5.56 Å². The van der Waals surface area contributed by atoms with Gasteiger partial charge in [0, 0.05) is 28.4 Å². The number of hydrogen-bond donors (Lipinski definition) is 1. The first-order valence-corrected chi connectivity index (χ1v) is 8.14. The molecule has 4 heteroatoms. The van der Waals surface area contributed by atoms with Gasteiger partial charge in [-0.3, -0.25) is 0 Å². The molecule has 1 aromatic heterocycles. The fourth-order valence-electron chi connectivity index (χ4n) is 2.09. The van der Waals surface area contributed by atoms with Crippen molar-refractivity contribution in [2.45, 2.75) is 38.6 Å². The maximum absolute atomic E-state index is 6.13. The number of hydrogen-bond acceptors (Lipinski definition) is 3. The molecule has 0 saturated heterocycles. The number of nitrogens with zero attached hydrogens (tertiary/aromatic N) is 1. The largest absolute Gasteiger partial charge is 0.311 e. The van der Waals surface area contributed by atoms with E-state index in [2.05, 4.69) is 48.6 Å². The molecule has 0 saturated carbocycles. The third-order valence-electron chi connectivity index (χ3n) is 3.14. The van der Waals surface area contributed by atoms with Gasteiger partial charge in [-0.25, -0.2) is 4.98 Å². The van der Waals surface area contributed by atoms with E-state index < -0.39 is 0 Å². The van der Waals surface area contributed by atoms with Crippen LogP contribution in [0.25, 0.3) is 0 Å². The molecule has 2 rings (SSSR count). The Morgan fingerprint density at radius 3 is 2.75 bits per heavy atom. The van der Waals surface area contributed by atoms with Crippen LogP contribution in [0.2, 0.25) is 5.02 Å². The van der Waals surface area contributed by atoms with Crippen LogP contribution in [-0.2, 0) is 6.42 Å². The summed E-state index contributed by atoms with van der Waals surface area (Å²) in [6, 6.07) is 8.14. The van der Waals surface area contributed by atoms with Crippen molar-refractivity contribution in [3.63, 3.8) is 0 Å². The summed E-state index contributed by atoms with van der Waals surface area (Å²) in [5.41, 5.74) is 4.42. The van der Waals surface area contributed by atoms with E-state index in [0.717, 1.165) is 23.7 Å². The first-order chi connectivity index (χ1) is 9.44. The number of aromatic nitrogens is 1. The zero-order valence-corrected chi connectivity index (χ0v) is 13.8. The second kappa shape index (κ2) is 6.70. The minimum absolute atomic E-state index is 0.110. The molecule has 1 unspecified atom stereocenters. The maximum atomic E-state index is 6.13. The van der Waals surface area contributed by atoms with E-state index in [0.29, 0.717) is 5.92 Å². The average molecular weight is 309 g/mol. The smallest absolute Gasteiger partial charge is 0.0794 e. The van der Waals surface area contributed by atoms with E-state index >= 15 is 0 Å². The summed E-state index contributed by atoms with van der Waals surface area (Å²) in [4.78, 5) is 4.41. The molecule has 108 valence electrons. The van der Waals surface area contributed by atoms with E-state index in [1.54, 1.807) is 11.3 Å². The molecule has 0 aliphatic rings. The fraction of sp³-hybridized carbons (Fsp3) is 0.438. The number of rotatable bonds is 5. The molecule has 1 aromatic carbocycles. The van der Waals surface area contributed by atoms with Crippen LogP contribution in [0.15, 0.2) is 35.2 Å². The zero-order valence-electron chi connectivity index (χ0n) is 12.2. The molecule has 0 fully saturated rings. The number of thiazole rings is 1. The van der Waals surface area contributed by atoms with Gasteiger partial charge >= 0.3 is 0 Å². The van der Waals surface area contributed by atoms with E-state index in [9.17, 15) is 0 Å². The highest BCUT2D eigenvalue weighted by molar-refractivity contribution is 7.07. The van der Waals surface area contributed by atoms with Crippen LogP contribution in [-0.4, -0.2) is 17.1 Å². The van der Waals surface area contributed by atoms with Crippen molar-refractivity contribution >= 4 is 22.9 Å². The Hall–Kier alpha value is -0.900. The second-order valence-corrected chi connectivity index (χ2v) is 7.22. The first kappa shape index (κ1) is 15.5. The predicted octanol–water partition coefficient (Wildman–Crippen LogP) is 4.51. The summed E-state index contributed by atoms with van der Waals surface area (Å²) in [5, 5.41) is 6.50. The molecular weight excluding hydrogens is 288 g/mol. The van der Waals surface area contributed by atoms with Crippen molar-refractivity contribution in [3.8, 4) is 0 Å². The van der Waals surface area contributed by atoms with Gasteiger partial charge in [-0.05, 0) is 44.9 Å². The van der Waals surface area contributed by atoms with Crippen molar-refractivity contribution in [2.75, 3.05) is 6.54 Å². The number of benzene rings is 1. The molecule has 2 nitrogen and oxygen atoms in total. The van der Waals surface area contributed by atoms with E-state index in [4.69, 9.17) is 11.6 Å². The molecule has 0 spiro atoms. The lowest BCUT2D eigenvalue weighted by Crippen LogP contribution is -2.39. The first-order valence-electron chi connectivity index (χ1n) is 6.81. The molecule has 20 heavy (non-hydrogen) atoms. The summed E-state index contributed by atoms with van der Waals surface area (Å²) < 4.78 is 0. The van der Waals surface area contributed by atoms with Crippen LogP contribution < -0.4 is 5.32 Å². The topological polar surface area (TPSA) is 24.9 Å². The van der Waals surface area contributed by atoms with Gasteiger partial charge in [0.05, 0.1) is 11.2 Å². The predicted molar refractivity (Wildman–Crippen MR) is 87.8 cm³/mol. The second-order valence-electron chi connectivity index (χ2n) is 6.07. The van der Waals surface area contributed by atoms with Crippen LogP contribution in [0.5, 0.6) is 0 Å². The Labute approximate surface area is 130 Å². The molecule has 0 aliphatic carbocycles. The maximum Gasteiger partial charge on any atom is 0.0794 e. The van der Waals surface area contributed by atoms with Crippen molar-refractivity contribution in [1.82, 2.24) is 10.3 Å². The molecule has 1 N–H and O–H groups in total. The number of halogens is 1. The Morgan fingerprint density at radius 2 is 2.15 bits per heavy atom. The zero-order chi connectivity index (χ0) is 14.6.